The van der Waals surface area contributed by atoms with E-state index in [4.69, 9.17) is 8.94 Å². The standard InChI is InChI=1S/C15H17N3O4S/c1-10(13-7-11-5-3-4-6-12(11)21-13)16-8-15-17-14(18-22-15)9-23(2,19)20/h3-7,10,16H,8-9H2,1-2H3/t10-/m0/s1. The molecule has 0 saturated carbocycles. The maximum absolute atomic E-state index is 11.2. The van der Waals surface area contributed by atoms with E-state index in [0.29, 0.717) is 12.4 Å². The summed E-state index contributed by atoms with van der Waals surface area (Å²) >= 11 is 0. The largest absolute Gasteiger partial charge is 0.459 e. The first-order chi connectivity index (χ1) is 10.9. The number of nitrogens with zero attached hydrogens (tertiary/aromatic N) is 2. The van der Waals surface area contributed by atoms with Gasteiger partial charge in [0.15, 0.2) is 15.7 Å². The smallest absolute Gasteiger partial charge is 0.240 e. The first-order valence-electron chi connectivity index (χ1n) is 7.12. The molecular weight excluding hydrogens is 318 g/mol. The Hall–Kier alpha value is -2.19. The third kappa shape index (κ3) is 3.96. The monoisotopic (exact) mass is 335 g/mol. The van der Waals surface area contributed by atoms with Crippen molar-refractivity contribution >= 4 is 20.8 Å². The van der Waals surface area contributed by atoms with Crippen LogP contribution in [-0.2, 0) is 22.1 Å². The van der Waals surface area contributed by atoms with Crippen LogP contribution >= 0.6 is 0 Å². The number of hydrogen-bond acceptors (Lipinski definition) is 7. The van der Waals surface area contributed by atoms with Gasteiger partial charge in [0.25, 0.3) is 0 Å². The molecule has 0 unspecified atom stereocenters. The van der Waals surface area contributed by atoms with E-state index in [2.05, 4.69) is 15.5 Å². The van der Waals surface area contributed by atoms with Gasteiger partial charge in [0.2, 0.25) is 5.89 Å². The molecule has 0 aliphatic carbocycles. The summed E-state index contributed by atoms with van der Waals surface area (Å²) in [6, 6.07) is 9.73. The van der Waals surface area contributed by atoms with Gasteiger partial charge >= 0.3 is 0 Å². The number of para-hydroxylation sites is 1. The van der Waals surface area contributed by atoms with Crippen molar-refractivity contribution in [3.63, 3.8) is 0 Å². The van der Waals surface area contributed by atoms with Crippen molar-refractivity contribution < 1.29 is 17.4 Å². The van der Waals surface area contributed by atoms with E-state index < -0.39 is 9.84 Å². The Morgan fingerprint density at radius 3 is 2.83 bits per heavy atom. The second-order valence-electron chi connectivity index (χ2n) is 5.46. The fourth-order valence-corrected chi connectivity index (χ4v) is 2.80. The molecule has 0 amide bonds. The van der Waals surface area contributed by atoms with E-state index in [1.165, 1.54) is 0 Å². The molecule has 1 atom stereocenters. The third-order valence-corrected chi connectivity index (χ3v) is 4.11. The lowest BCUT2D eigenvalue weighted by Crippen LogP contribution is -2.17. The third-order valence-electron chi connectivity index (χ3n) is 3.33. The summed E-state index contributed by atoms with van der Waals surface area (Å²) in [5.74, 6) is 1.09. The predicted molar refractivity (Wildman–Crippen MR) is 84.3 cm³/mol. The van der Waals surface area contributed by atoms with Crippen molar-refractivity contribution in [2.24, 2.45) is 0 Å². The van der Waals surface area contributed by atoms with Crippen LogP contribution < -0.4 is 5.32 Å². The SMILES string of the molecule is C[C@H](NCc1nc(CS(C)(=O)=O)no1)c1cc2ccccc2o1. The minimum absolute atomic E-state index is 0.0485. The van der Waals surface area contributed by atoms with Crippen LogP contribution in [0.5, 0.6) is 0 Å². The lowest BCUT2D eigenvalue weighted by molar-refractivity contribution is 0.349. The van der Waals surface area contributed by atoms with Crippen molar-refractivity contribution in [2.45, 2.75) is 25.3 Å². The highest BCUT2D eigenvalue weighted by Gasteiger charge is 2.15. The quantitative estimate of drug-likeness (QED) is 0.737. The van der Waals surface area contributed by atoms with Crippen LogP contribution in [0.1, 0.15) is 30.4 Å². The molecule has 2 aromatic heterocycles. The molecule has 3 rings (SSSR count). The van der Waals surface area contributed by atoms with Crippen molar-refractivity contribution in [1.82, 2.24) is 15.5 Å². The number of sulfone groups is 1. The second-order valence-corrected chi connectivity index (χ2v) is 7.60. The van der Waals surface area contributed by atoms with Gasteiger partial charge in [0.05, 0.1) is 12.6 Å². The Bertz CT molecular complexity index is 881. The van der Waals surface area contributed by atoms with Crippen molar-refractivity contribution in [3.8, 4) is 0 Å². The molecule has 0 saturated heterocycles. The average Bonchev–Trinajstić information content (AvgIpc) is 3.09. The van der Waals surface area contributed by atoms with Gasteiger partial charge in [0, 0.05) is 11.6 Å². The fraction of sp³-hybridized carbons (Fsp3) is 0.333. The van der Waals surface area contributed by atoms with Gasteiger partial charge in [-0.25, -0.2) is 8.42 Å². The van der Waals surface area contributed by atoms with Crippen molar-refractivity contribution in [1.29, 1.82) is 0 Å². The van der Waals surface area contributed by atoms with Crippen LogP contribution in [0, 0.1) is 0 Å². The Balaban J connectivity index is 1.63. The summed E-state index contributed by atoms with van der Waals surface area (Å²) in [5, 5.41) is 7.92. The molecule has 1 aromatic carbocycles. The van der Waals surface area contributed by atoms with E-state index in [0.717, 1.165) is 23.0 Å². The maximum Gasteiger partial charge on any atom is 0.240 e. The normalized spacial score (nSPS) is 13.5. The number of hydrogen-bond donors (Lipinski definition) is 1. The van der Waals surface area contributed by atoms with Gasteiger partial charge in [-0.05, 0) is 19.1 Å². The molecule has 0 aliphatic rings. The van der Waals surface area contributed by atoms with Crippen LogP contribution in [-0.4, -0.2) is 24.8 Å². The molecule has 3 aromatic rings. The topological polar surface area (TPSA) is 98.2 Å². The number of nitrogens with one attached hydrogen (secondary N) is 1. The molecule has 0 aliphatic heterocycles. The van der Waals surface area contributed by atoms with E-state index in [9.17, 15) is 8.42 Å². The Morgan fingerprint density at radius 2 is 2.09 bits per heavy atom. The molecule has 1 N–H and O–H groups in total. The molecule has 23 heavy (non-hydrogen) atoms. The second kappa shape index (κ2) is 6.13. The van der Waals surface area contributed by atoms with E-state index in [1.54, 1.807) is 0 Å². The summed E-state index contributed by atoms with van der Waals surface area (Å²) < 4.78 is 33.2. The minimum atomic E-state index is -3.17. The van der Waals surface area contributed by atoms with Gasteiger partial charge in [-0.3, -0.25) is 5.32 Å². The molecule has 0 radical (unpaired) electrons. The highest BCUT2D eigenvalue weighted by atomic mass is 32.2. The van der Waals surface area contributed by atoms with Crippen LogP contribution in [0.15, 0.2) is 39.3 Å². The summed E-state index contributed by atoms with van der Waals surface area (Å²) in [6.07, 6.45) is 1.13. The number of benzene rings is 1. The number of rotatable bonds is 6. The molecule has 122 valence electrons. The Kier molecular flexibility index (Phi) is 4.18. The molecular formula is C15H17N3O4S. The summed E-state index contributed by atoms with van der Waals surface area (Å²) in [6.45, 7) is 2.29. The molecule has 8 heteroatoms. The summed E-state index contributed by atoms with van der Waals surface area (Å²) in [4.78, 5) is 4.05. The van der Waals surface area contributed by atoms with Crippen LogP contribution in [0.25, 0.3) is 11.0 Å². The van der Waals surface area contributed by atoms with Crippen LogP contribution in [0.4, 0.5) is 0 Å². The van der Waals surface area contributed by atoms with Crippen LogP contribution in [0.2, 0.25) is 0 Å². The molecule has 7 nitrogen and oxygen atoms in total. The van der Waals surface area contributed by atoms with Gasteiger partial charge in [-0.1, -0.05) is 23.4 Å². The van der Waals surface area contributed by atoms with E-state index in [-0.39, 0.29) is 17.6 Å². The van der Waals surface area contributed by atoms with Crippen molar-refractivity contribution in [3.05, 3.63) is 47.8 Å². The Labute approximate surface area is 133 Å². The van der Waals surface area contributed by atoms with Crippen LogP contribution in [0.3, 0.4) is 0 Å². The zero-order chi connectivity index (χ0) is 16.4. The molecule has 0 spiro atoms. The van der Waals surface area contributed by atoms with Gasteiger partial charge in [-0.15, -0.1) is 0 Å². The van der Waals surface area contributed by atoms with E-state index >= 15 is 0 Å². The first-order valence-corrected chi connectivity index (χ1v) is 9.18. The van der Waals surface area contributed by atoms with Crippen molar-refractivity contribution in [2.75, 3.05) is 6.26 Å². The molecule has 2 heterocycles. The zero-order valence-corrected chi connectivity index (χ0v) is 13.6. The molecule has 0 fully saturated rings. The predicted octanol–water partition coefficient (Wildman–Crippen LogP) is 2.21. The Morgan fingerprint density at radius 1 is 1.30 bits per heavy atom. The number of fused-ring (bicyclic) bond motifs is 1. The van der Waals surface area contributed by atoms with Gasteiger partial charge < -0.3 is 8.94 Å². The summed E-state index contributed by atoms with van der Waals surface area (Å²) in [7, 11) is -3.17. The lowest BCUT2D eigenvalue weighted by Gasteiger charge is -2.08. The zero-order valence-electron chi connectivity index (χ0n) is 12.8. The summed E-state index contributed by atoms with van der Waals surface area (Å²) in [5.41, 5.74) is 0.837. The highest BCUT2D eigenvalue weighted by molar-refractivity contribution is 7.89. The molecule has 0 bridgehead atoms. The minimum Gasteiger partial charge on any atom is -0.459 e. The average molecular weight is 335 g/mol. The number of furan rings is 1. The van der Waals surface area contributed by atoms with Gasteiger partial charge in [0.1, 0.15) is 17.1 Å². The number of aromatic nitrogens is 2. The van der Waals surface area contributed by atoms with E-state index in [1.807, 2.05) is 37.3 Å². The fourth-order valence-electron chi connectivity index (χ4n) is 2.21. The first kappa shape index (κ1) is 15.7. The van der Waals surface area contributed by atoms with Gasteiger partial charge in [-0.2, -0.15) is 4.98 Å². The maximum atomic E-state index is 11.2. The lowest BCUT2D eigenvalue weighted by atomic mass is 10.2. The highest BCUT2D eigenvalue weighted by Crippen LogP contribution is 2.23.